The first-order valence-electron chi connectivity index (χ1n) is 19.0. The molecule has 0 fully saturated rings. The predicted molar refractivity (Wildman–Crippen MR) is 210 cm³/mol. The van der Waals surface area contributed by atoms with E-state index < -0.39 is 8.32 Å². The van der Waals surface area contributed by atoms with E-state index in [0.29, 0.717) is 139 Å². The lowest BCUT2D eigenvalue weighted by molar-refractivity contribution is -0.0268. The number of ether oxygens (including phenoxy) is 10. The minimum atomic E-state index is -2.54. The van der Waals surface area contributed by atoms with E-state index in [2.05, 4.69) is 86.3 Å². The van der Waals surface area contributed by atoms with Crippen LogP contribution in [0.3, 0.4) is 0 Å². The Balaban J connectivity index is 1.31. The van der Waals surface area contributed by atoms with Gasteiger partial charge in [0.1, 0.15) is 0 Å². The highest BCUT2D eigenvalue weighted by Gasteiger charge is 2.50. The zero-order valence-electron chi connectivity index (χ0n) is 33.3. The van der Waals surface area contributed by atoms with Gasteiger partial charge >= 0.3 is 0 Å². The van der Waals surface area contributed by atoms with Gasteiger partial charge in [-0.15, -0.1) is 0 Å². The third kappa shape index (κ3) is 22.4. The van der Waals surface area contributed by atoms with E-state index in [9.17, 15) is 0 Å². The molecule has 12 nitrogen and oxygen atoms in total. The van der Waals surface area contributed by atoms with Crippen LogP contribution in [0.15, 0.2) is 60.7 Å². The molecule has 0 aromatic heterocycles. The number of hydrogen-bond donors (Lipinski definition) is 0. The summed E-state index contributed by atoms with van der Waals surface area (Å²) >= 11 is 0. The fourth-order valence-corrected chi connectivity index (χ4v) is 9.89. The Morgan fingerprint density at radius 2 is 0.623 bits per heavy atom. The maximum Gasteiger partial charge on any atom is 0.261 e. The van der Waals surface area contributed by atoms with E-state index in [-0.39, 0.29) is 5.04 Å². The maximum atomic E-state index is 6.85. The van der Waals surface area contributed by atoms with Gasteiger partial charge in [-0.2, -0.15) is 0 Å². The molecule has 0 aliphatic carbocycles. The second-order valence-electron chi connectivity index (χ2n) is 13.4. The van der Waals surface area contributed by atoms with Gasteiger partial charge in [0.15, 0.2) is 0 Å². The van der Waals surface area contributed by atoms with E-state index in [4.69, 9.17) is 51.8 Å². The molecule has 0 aliphatic rings. The average molecular weight is 768 g/mol. The first-order chi connectivity index (χ1) is 25.9. The predicted octanol–water partition coefficient (Wildman–Crippen LogP) is 3.29. The van der Waals surface area contributed by atoms with Crippen molar-refractivity contribution in [1.29, 1.82) is 0 Å². The van der Waals surface area contributed by atoms with Crippen LogP contribution in [0.5, 0.6) is 0 Å². The molecule has 13 heteroatoms. The normalized spacial score (nSPS) is 12.3. The van der Waals surface area contributed by atoms with Crippen LogP contribution in [-0.4, -0.2) is 173 Å². The molecule has 0 saturated carbocycles. The summed E-state index contributed by atoms with van der Waals surface area (Å²) in [5.41, 5.74) is 0. The van der Waals surface area contributed by atoms with Crippen molar-refractivity contribution in [3.8, 4) is 0 Å². The van der Waals surface area contributed by atoms with E-state index >= 15 is 0 Å². The van der Waals surface area contributed by atoms with Crippen LogP contribution >= 0.6 is 0 Å². The Labute approximate surface area is 320 Å². The molecule has 53 heavy (non-hydrogen) atoms. The molecule has 0 bridgehead atoms. The van der Waals surface area contributed by atoms with Gasteiger partial charge in [0, 0.05) is 6.54 Å². The summed E-state index contributed by atoms with van der Waals surface area (Å²) < 4.78 is 62.4. The van der Waals surface area contributed by atoms with Crippen molar-refractivity contribution >= 4 is 18.7 Å². The van der Waals surface area contributed by atoms with Crippen LogP contribution in [0, 0.1) is 0 Å². The molecule has 0 amide bonds. The monoisotopic (exact) mass is 767 g/mol. The topological polar surface area (TPSA) is 105 Å². The van der Waals surface area contributed by atoms with Gasteiger partial charge in [0.05, 0.1) is 139 Å². The lowest BCUT2D eigenvalue weighted by atomic mass is 10.2. The lowest BCUT2D eigenvalue weighted by Gasteiger charge is -2.43. The SMILES string of the molecule is CN(C)CCOCCOCCOCCOCCOCCOCCOCCOCCOCCOCCO[Si](c1ccccc1)(c1ccccc1)C(C)(C)C. The summed E-state index contributed by atoms with van der Waals surface area (Å²) in [6, 6.07) is 21.3. The highest BCUT2D eigenvalue weighted by molar-refractivity contribution is 6.99. The smallest absolute Gasteiger partial charge is 0.261 e. The average Bonchev–Trinajstić information content (AvgIpc) is 3.15. The van der Waals surface area contributed by atoms with E-state index in [1.54, 1.807) is 0 Å². The van der Waals surface area contributed by atoms with Crippen LogP contribution < -0.4 is 10.4 Å². The van der Waals surface area contributed by atoms with Crippen molar-refractivity contribution in [2.24, 2.45) is 0 Å². The highest BCUT2D eigenvalue weighted by atomic mass is 28.4. The summed E-state index contributed by atoms with van der Waals surface area (Å²) in [4.78, 5) is 2.09. The minimum Gasteiger partial charge on any atom is -0.405 e. The first kappa shape index (κ1) is 47.3. The van der Waals surface area contributed by atoms with Crippen LogP contribution in [0.2, 0.25) is 5.04 Å². The molecule has 0 radical (unpaired) electrons. The third-order valence-corrected chi connectivity index (χ3v) is 13.0. The molecule has 2 rings (SSSR count). The molecule has 0 aliphatic heterocycles. The van der Waals surface area contributed by atoms with Crippen LogP contribution in [0.1, 0.15) is 20.8 Å². The van der Waals surface area contributed by atoms with E-state index in [0.717, 1.165) is 6.54 Å². The number of likely N-dealkylation sites (N-methyl/N-ethyl adjacent to an activating group) is 1. The molecule has 0 heterocycles. The highest BCUT2D eigenvalue weighted by Crippen LogP contribution is 2.36. The second kappa shape index (κ2) is 31.4. The summed E-state index contributed by atoms with van der Waals surface area (Å²) in [7, 11) is 1.51. The Morgan fingerprint density at radius 3 is 0.868 bits per heavy atom. The van der Waals surface area contributed by atoms with Crippen molar-refractivity contribution in [2.75, 3.05) is 159 Å². The summed E-state index contributed by atoms with van der Waals surface area (Å²) in [6.07, 6.45) is 0. The Hall–Kier alpha value is -1.82. The van der Waals surface area contributed by atoms with Crippen molar-refractivity contribution in [3.63, 3.8) is 0 Å². The Bertz CT molecular complexity index is 1040. The number of benzene rings is 2. The molecular formula is C40H69NO11Si. The van der Waals surface area contributed by atoms with Gasteiger partial charge in [0.2, 0.25) is 0 Å². The summed E-state index contributed by atoms with van der Waals surface area (Å²) in [6.45, 7) is 19.0. The molecule has 0 atom stereocenters. The van der Waals surface area contributed by atoms with Gasteiger partial charge in [0.25, 0.3) is 8.32 Å². The largest absolute Gasteiger partial charge is 0.405 e. The first-order valence-corrected chi connectivity index (χ1v) is 21.0. The summed E-state index contributed by atoms with van der Waals surface area (Å²) in [5, 5.41) is 2.48. The van der Waals surface area contributed by atoms with Crippen molar-refractivity contribution in [3.05, 3.63) is 60.7 Å². The van der Waals surface area contributed by atoms with Gasteiger partial charge in [-0.25, -0.2) is 0 Å². The van der Waals surface area contributed by atoms with E-state index in [1.165, 1.54) is 10.4 Å². The number of hydrogen-bond acceptors (Lipinski definition) is 12. The van der Waals surface area contributed by atoms with Gasteiger partial charge in [-0.1, -0.05) is 81.4 Å². The zero-order chi connectivity index (χ0) is 38.1. The fourth-order valence-electron chi connectivity index (χ4n) is 5.34. The Kier molecular flexibility index (Phi) is 28.0. The molecule has 2 aromatic carbocycles. The van der Waals surface area contributed by atoms with E-state index in [1.807, 2.05) is 14.1 Å². The zero-order valence-corrected chi connectivity index (χ0v) is 34.3. The summed E-state index contributed by atoms with van der Waals surface area (Å²) in [5.74, 6) is 0. The van der Waals surface area contributed by atoms with Crippen LogP contribution in [0.4, 0.5) is 0 Å². The Morgan fingerprint density at radius 1 is 0.377 bits per heavy atom. The maximum absolute atomic E-state index is 6.85. The van der Waals surface area contributed by atoms with Crippen LogP contribution in [0.25, 0.3) is 0 Å². The van der Waals surface area contributed by atoms with Crippen molar-refractivity contribution in [1.82, 2.24) is 4.90 Å². The number of nitrogens with zero attached hydrogens (tertiary/aromatic N) is 1. The minimum absolute atomic E-state index is 0.0550. The molecule has 0 saturated heterocycles. The molecule has 0 spiro atoms. The van der Waals surface area contributed by atoms with Gasteiger partial charge in [-0.05, 0) is 29.5 Å². The molecule has 2 aromatic rings. The van der Waals surface area contributed by atoms with Crippen molar-refractivity contribution < 1.29 is 51.8 Å². The molecule has 304 valence electrons. The third-order valence-electron chi connectivity index (χ3n) is 7.99. The molecular weight excluding hydrogens is 699 g/mol. The second-order valence-corrected chi connectivity index (χ2v) is 17.7. The fraction of sp³-hybridized carbons (Fsp3) is 0.700. The molecule has 0 unspecified atom stereocenters. The van der Waals surface area contributed by atoms with Crippen molar-refractivity contribution in [2.45, 2.75) is 25.8 Å². The number of rotatable bonds is 36. The quantitative estimate of drug-likeness (QED) is 0.0752. The van der Waals surface area contributed by atoms with Gasteiger partial charge in [-0.3, -0.25) is 0 Å². The van der Waals surface area contributed by atoms with Gasteiger partial charge < -0.3 is 56.7 Å². The lowest BCUT2D eigenvalue weighted by Crippen LogP contribution is -2.66. The standard InChI is InChI=1S/C40H69NO11Si/c1-40(2,3)53(38-12-8-6-9-13-38,39-14-10-7-11-15-39)52-37-36-51-35-34-50-33-32-49-31-30-48-29-28-47-27-26-46-25-24-45-23-22-44-21-20-43-19-18-42-17-16-41(4)5/h6-15H,16-37H2,1-5H3. The van der Waals surface area contributed by atoms with Crippen LogP contribution in [-0.2, 0) is 51.8 Å². The molecule has 0 N–H and O–H groups in total.